The fraction of sp³-hybridized carbons (Fsp3) is 0.579. The largest absolute Gasteiger partial charge is 0.433 e. The number of alkyl halides is 3. The zero-order valence-corrected chi connectivity index (χ0v) is 15.8. The van der Waals surface area contributed by atoms with Gasteiger partial charge in [0.2, 0.25) is 11.9 Å². The molecule has 0 spiro atoms. The number of anilines is 2. The van der Waals surface area contributed by atoms with Crippen molar-refractivity contribution in [2.24, 2.45) is 11.8 Å². The lowest BCUT2D eigenvalue weighted by Crippen LogP contribution is -2.44. The van der Waals surface area contributed by atoms with Gasteiger partial charge in [-0.15, -0.1) is 0 Å². The maximum atomic E-state index is 13.0. The Morgan fingerprint density at radius 1 is 0.964 bits per heavy atom. The molecule has 2 saturated carbocycles. The predicted molar refractivity (Wildman–Crippen MR) is 99.3 cm³/mol. The van der Waals surface area contributed by atoms with Gasteiger partial charge in [0, 0.05) is 12.1 Å². The van der Waals surface area contributed by atoms with Crippen molar-refractivity contribution in [2.75, 3.05) is 10.6 Å². The highest BCUT2D eigenvalue weighted by atomic mass is 19.4. The van der Waals surface area contributed by atoms with Gasteiger partial charge in [-0.1, -0.05) is 6.07 Å². The van der Waals surface area contributed by atoms with Crippen LogP contribution < -0.4 is 10.6 Å². The summed E-state index contributed by atoms with van der Waals surface area (Å²) in [5.74, 6) is 1.61. The first-order chi connectivity index (χ1) is 13.2. The molecule has 2 N–H and O–H groups in total. The van der Waals surface area contributed by atoms with E-state index in [2.05, 4.69) is 38.7 Å². The van der Waals surface area contributed by atoms with Gasteiger partial charge in [-0.25, -0.2) is 4.98 Å². The highest BCUT2D eigenvalue weighted by molar-refractivity contribution is 5.54. The van der Waals surface area contributed by atoms with Gasteiger partial charge in [0.05, 0.1) is 0 Å². The minimum atomic E-state index is -4.54. The number of hydrogen-bond donors (Lipinski definition) is 1. The van der Waals surface area contributed by atoms with E-state index in [1.54, 1.807) is 0 Å². The number of halogens is 3. The first kappa shape index (κ1) is 18.9. The Hall–Kier alpha value is -2.45. The normalized spacial score (nSPS) is 19.3. The molecule has 2 fully saturated rings. The lowest BCUT2D eigenvalue weighted by atomic mass is 10.1. The summed E-state index contributed by atoms with van der Waals surface area (Å²) >= 11 is 0. The molecule has 0 unspecified atom stereocenters. The average molecular weight is 392 g/mol. The van der Waals surface area contributed by atoms with E-state index in [0.29, 0.717) is 17.8 Å². The molecule has 0 amide bonds. The maximum absolute atomic E-state index is 13.0. The predicted octanol–water partition coefficient (Wildman–Crippen LogP) is 3.94. The van der Waals surface area contributed by atoms with Gasteiger partial charge in [-0.2, -0.15) is 28.1 Å². The van der Waals surface area contributed by atoms with Crippen molar-refractivity contribution >= 4 is 11.9 Å². The molecule has 150 valence electrons. The minimum Gasteiger partial charge on any atom is -0.368 e. The smallest absolute Gasteiger partial charge is 0.368 e. The monoisotopic (exact) mass is 392 g/mol. The first-order valence-electron chi connectivity index (χ1n) is 9.58. The van der Waals surface area contributed by atoms with Crippen molar-refractivity contribution in [2.45, 2.75) is 57.8 Å². The van der Waals surface area contributed by atoms with Crippen LogP contribution in [0.1, 0.15) is 45.2 Å². The van der Waals surface area contributed by atoms with E-state index in [1.165, 1.54) is 12.1 Å². The molecule has 2 aliphatic rings. The van der Waals surface area contributed by atoms with E-state index in [-0.39, 0.29) is 29.6 Å². The molecule has 0 aliphatic heterocycles. The molecule has 2 aliphatic carbocycles. The molecule has 2 aromatic heterocycles. The molecule has 6 nitrogen and oxygen atoms in total. The van der Waals surface area contributed by atoms with Crippen LogP contribution in [0.25, 0.3) is 11.5 Å². The summed E-state index contributed by atoms with van der Waals surface area (Å²) in [6.07, 6.45) is 0.120. The van der Waals surface area contributed by atoms with Crippen molar-refractivity contribution < 1.29 is 13.2 Å². The van der Waals surface area contributed by atoms with Crippen LogP contribution in [0.2, 0.25) is 0 Å². The molecular weight excluding hydrogens is 369 g/mol. The van der Waals surface area contributed by atoms with Gasteiger partial charge in [0.15, 0.2) is 5.82 Å². The van der Waals surface area contributed by atoms with E-state index in [4.69, 9.17) is 5.73 Å². The van der Waals surface area contributed by atoms with Crippen LogP contribution in [0.4, 0.5) is 25.1 Å². The molecule has 2 aromatic rings. The molecule has 28 heavy (non-hydrogen) atoms. The second-order valence-corrected chi connectivity index (χ2v) is 7.79. The second kappa shape index (κ2) is 6.86. The summed E-state index contributed by atoms with van der Waals surface area (Å²) < 4.78 is 39.1. The third-order valence-corrected chi connectivity index (χ3v) is 5.63. The molecule has 4 rings (SSSR count). The van der Waals surface area contributed by atoms with Crippen LogP contribution in [-0.4, -0.2) is 32.0 Å². The van der Waals surface area contributed by atoms with Crippen molar-refractivity contribution in [3.63, 3.8) is 0 Å². The Kier molecular flexibility index (Phi) is 4.63. The highest BCUT2D eigenvalue weighted by Gasteiger charge is 2.41. The number of hydrogen-bond acceptors (Lipinski definition) is 6. The minimum absolute atomic E-state index is 0.0183. The van der Waals surface area contributed by atoms with Gasteiger partial charge in [0.25, 0.3) is 0 Å². The van der Waals surface area contributed by atoms with Gasteiger partial charge >= 0.3 is 6.18 Å². The Bertz CT molecular complexity index is 845. The van der Waals surface area contributed by atoms with E-state index in [0.717, 1.165) is 31.7 Å². The Morgan fingerprint density at radius 2 is 1.57 bits per heavy atom. The van der Waals surface area contributed by atoms with Crippen molar-refractivity contribution in [3.05, 3.63) is 23.9 Å². The van der Waals surface area contributed by atoms with Crippen molar-refractivity contribution in [1.29, 1.82) is 0 Å². The SMILES string of the molecule is C[C@@H](C1CC1)N(c1nc(N)nc(-c2cccc(C(F)(F)F)n2)n1)[C@@H](C)C1CC1. The number of nitrogens with two attached hydrogens (primary N) is 1. The molecule has 2 atom stereocenters. The Labute approximate surface area is 161 Å². The Morgan fingerprint density at radius 3 is 2.11 bits per heavy atom. The summed E-state index contributed by atoms with van der Waals surface area (Å²) in [5, 5.41) is 0. The van der Waals surface area contributed by atoms with Crippen molar-refractivity contribution in [3.8, 4) is 11.5 Å². The quantitative estimate of drug-likeness (QED) is 0.802. The fourth-order valence-corrected chi connectivity index (χ4v) is 3.67. The van der Waals surface area contributed by atoms with Gasteiger partial charge in [-0.3, -0.25) is 0 Å². The van der Waals surface area contributed by atoms with E-state index in [1.807, 2.05) is 0 Å². The maximum Gasteiger partial charge on any atom is 0.433 e. The number of aromatic nitrogens is 4. The molecular formula is C19H23F3N6. The summed E-state index contributed by atoms with van der Waals surface area (Å²) in [6, 6.07) is 4.14. The van der Waals surface area contributed by atoms with Gasteiger partial charge in [0.1, 0.15) is 11.4 Å². The zero-order chi connectivity index (χ0) is 20.1. The third-order valence-electron chi connectivity index (χ3n) is 5.63. The second-order valence-electron chi connectivity index (χ2n) is 7.79. The summed E-state index contributed by atoms with van der Waals surface area (Å²) in [5.41, 5.74) is 4.95. The van der Waals surface area contributed by atoms with Gasteiger partial charge < -0.3 is 10.6 Å². The van der Waals surface area contributed by atoms with E-state index >= 15 is 0 Å². The van der Waals surface area contributed by atoms with Crippen LogP contribution in [0.5, 0.6) is 0 Å². The molecule has 9 heteroatoms. The van der Waals surface area contributed by atoms with Gasteiger partial charge in [-0.05, 0) is 63.5 Å². The fourth-order valence-electron chi connectivity index (χ4n) is 3.67. The topological polar surface area (TPSA) is 80.8 Å². The molecule has 0 saturated heterocycles. The lowest BCUT2D eigenvalue weighted by molar-refractivity contribution is -0.141. The van der Waals surface area contributed by atoms with Crippen molar-refractivity contribution in [1.82, 2.24) is 19.9 Å². The average Bonchev–Trinajstić information content (AvgIpc) is 3.54. The van der Waals surface area contributed by atoms with Crippen LogP contribution in [0.3, 0.4) is 0 Å². The molecule has 0 bridgehead atoms. The highest BCUT2D eigenvalue weighted by Crippen LogP contribution is 2.42. The van der Waals surface area contributed by atoms with E-state index < -0.39 is 11.9 Å². The summed E-state index contributed by atoms with van der Waals surface area (Å²) in [6.45, 7) is 4.30. The number of nitrogens with zero attached hydrogens (tertiary/aromatic N) is 5. The van der Waals surface area contributed by atoms with Crippen LogP contribution in [0.15, 0.2) is 18.2 Å². The van der Waals surface area contributed by atoms with Crippen LogP contribution in [-0.2, 0) is 6.18 Å². The molecule has 0 radical (unpaired) electrons. The number of nitrogen functional groups attached to an aromatic ring is 1. The van der Waals surface area contributed by atoms with Crippen LogP contribution in [0, 0.1) is 11.8 Å². The first-order valence-corrected chi connectivity index (χ1v) is 9.58. The number of pyridine rings is 1. The molecule has 2 heterocycles. The standard InChI is InChI=1S/C19H23F3N6/c1-10(12-6-7-12)28(11(2)13-8-9-13)18-26-16(25-17(23)27-18)14-4-3-5-15(24-14)19(20,21)22/h3-5,10-13H,6-9H2,1-2H3,(H2,23,25,26,27)/t10-,11-/m0/s1. The molecule has 0 aromatic carbocycles. The lowest BCUT2D eigenvalue weighted by Gasteiger charge is -2.35. The summed E-state index contributed by atoms with van der Waals surface area (Å²) in [4.78, 5) is 18.7. The Balaban J connectivity index is 1.73. The zero-order valence-electron chi connectivity index (χ0n) is 15.8. The third kappa shape index (κ3) is 3.88. The number of rotatable bonds is 6. The summed E-state index contributed by atoms with van der Waals surface area (Å²) in [7, 11) is 0. The van der Waals surface area contributed by atoms with Crippen LogP contribution >= 0.6 is 0 Å². The van der Waals surface area contributed by atoms with E-state index in [9.17, 15) is 13.2 Å².